The number of thioether (sulfide) groups is 1. The average molecular weight is 439 g/mol. The van der Waals surface area contributed by atoms with Gasteiger partial charge >= 0.3 is 0 Å². The summed E-state index contributed by atoms with van der Waals surface area (Å²) in [6, 6.07) is 14.0. The van der Waals surface area contributed by atoms with Crippen molar-refractivity contribution < 1.29 is 9.53 Å². The predicted octanol–water partition coefficient (Wildman–Crippen LogP) is 4.68. The number of aromatic amines is 1. The smallest absolute Gasteiger partial charge is 0.233 e. The topological polar surface area (TPSA) is 71.1 Å². The van der Waals surface area contributed by atoms with Crippen LogP contribution in [0.15, 0.2) is 47.6 Å². The van der Waals surface area contributed by atoms with Crippen molar-refractivity contribution in [3.8, 4) is 5.75 Å². The van der Waals surface area contributed by atoms with Crippen molar-refractivity contribution in [2.45, 2.75) is 23.9 Å². The second kappa shape index (κ2) is 8.28. The van der Waals surface area contributed by atoms with E-state index >= 15 is 0 Å². The molecule has 0 aliphatic carbocycles. The fourth-order valence-corrected chi connectivity index (χ4v) is 5.73. The molecule has 1 fully saturated rings. The van der Waals surface area contributed by atoms with E-state index in [4.69, 9.17) is 9.72 Å². The van der Waals surface area contributed by atoms with Crippen molar-refractivity contribution >= 4 is 50.3 Å². The molecule has 1 amide bonds. The first-order chi connectivity index (χ1) is 14.7. The van der Waals surface area contributed by atoms with E-state index in [1.807, 2.05) is 35.2 Å². The summed E-state index contributed by atoms with van der Waals surface area (Å²) in [6.45, 7) is 1.56. The van der Waals surface area contributed by atoms with Gasteiger partial charge in [-0.05, 0) is 37.1 Å². The van der Waals surface area contributed by atoms with Crippen LogP contribution in [0.4, 0.5) is 0 Å². The Hall–Kier alpha value is -2.58. The molecule has 2 aromatic heterocycles. The largest absolute Gasteiger partial charge is 0.497 e. The van der Waals surface area contributed by atoms with E-state index in [0.717, 1.165) is 58.4 Å². The molecule has 1 atom stereocenters. The number of nitrogens with zero attached hydrogens (tertiary/aromatic N) is 3. The number of amides is 1. The number of piperidine rings is 1. The van der Waals surface area contributed by atoms with Crippen molar-refractivity contribution in [1.29, 1.82) is 0 Å². The molecule has 5 rings (SSSR count). The van der Waals surface area contributed by atoms with Gasteiger partial charge in [-0.1, -0.05) is 23.9 Å². The molecular weight excluding hydrogens is 416 g/mol. The van der Waals surface area contributed by atoms with Gasteiger partial charge in [0.1, 0.15) is 5.75 Å². The van der Waals surface area contributed by atoms with Crippen LogP contribution in [-0.2, 0) is 4.79 Å². The number of methoxy groups -OCH3 is 1. The summed E-state index contributed by atoms with van der Waals surface area (Å²) in [5.74, 6) is 1.64. The number of aromatic nitrogens is 3. The normalized spacial score (nSPS) is 17.0. The molecule has 1 N–H and O–H groups in total. The molecule has 1 aliphatic heterocycles. The van der Waals surface area contributed by atoms with Crippen LogP contribution in [0.1, 0.15) is 23.8 Å². The number of ether oxygens (including phenoxy) is 1. The van der Waals surface area contributed by atoms with Gasteiger partial charge in [-0.3, -0.25) is 4.79 Å². The summed E-state index contributed by atoms with van der Waals surface area (Å²) in [5.41, 5.74) is 2.84. The van der Waals surface area contributed by atoms with Crippen molar-refractivity contribution in [3.05, 3.63) is 47.5 Å². The lowest BCUT2D eigenvalue weighted by atomic mass is 9.99. The molecule has 2 aromatic carbocycles. The van der Waals surface area contributed by atoms with Crippen LogP contribution in [0, 0.1) is 0 Å². The quantitative estimate of drug-likeness (QED) is 0.458. The number of nitrogens with one attached hydrogen (secondary N) is 1. The molecule has 1 saturated heterocycles. The highest BCUT2D eigenvalue weighted by atomic mass is 32.2. The first-order valence-corrected chi connectivity index (χ1v) is 11.8. The summed E-state index contributed by atoms with van der Waals surface area (Å²) in [6.07, 6.45) is 2.10. The summed E-state index contributed by atoms with van der Waals surface area (Å²) in [7, 11) is 1.64. The van der Waals surface area contributed by atoms with Crippen molar-refractivity contribution in [2.24, 2.45) is 0 Å². The van der Waals surface area contributed by atoms with Crippen LogP contribution in [0.2, 0.25) is 0 Å². The molecule has 154 valence electrons. The maximum atomic E-state index is 12.9. The summed E-state index contributed by atoms with van der Waals surface area (Å²) in [5, 5.41) is 1.90. The number of fused-ring (bicyclic) bond motifs is 2. The molecule has 8 heteroatoms. The zero-order chi connectivity index (χ0) is 20.5. The van der Waals surface area contributed by atoms with Crippen LogP contribution in [0.3, 0.4) is 0 Å². The number of thiazole rings is 1. The predicted molar refractivity (Wildman–Crippen MR) is 122 cm³/mol. The maximum absolute atomic E-state index is 12.9. The van der Waals surface area contributed by atoms with E-state index in [1.165, 1.54) is 16.5 Å². The van der Waals surface area contributed by atoms with E-state index in [9.17, 15) is 4.79 Å². The van der Waals surface area contributed by atoms with Crippen LogP contribution in [-0.4, -0.2) is 51.7 Å². The van der Waals surface area contributed by atoms with Gasteiger partial charge in [-0.15, -0.1) is 11.3 Å². The Morgan fingerprint density at radius 2 is 2.17 bits per heavy atom. The number of benzene rings is 2. The lowest BCUT2D eigenvalue weighted by Gasteiger charge is -2.31. The number of para-hydroxylation sites is 1. The van der Waals surface area contributed by atoms with Crippen LogP contribution < -0.4 is 4.74 Å². The fourth-order valence-electron chi connectivity index (χ4n) is 3.85. The lowest BCUT2D eigenvalue weighted by Crippen LogP contribution is -2.40. The van der Waals surface area contributed by atoms with Gasteiger partial charge in [0, 0.05) is 25.1 Å². The highest BCUT2D eigenvalue weighted by molar-refractivity contribution is 7.99. The van der Waals surface area contributed by atoms with Crippen molar-refractivity contribution in [1.82, 2.24) is 19.9 Å². The van der Waals surface area contributed by atoms with Gasteiger partial charge < -0.3 is 14.6 Å². The second-order valence-electron chi connectivity index (χ2n) is 7.41. The Labute approximate surface area is 182 Å². The van der Waals surface area contributed by atoms with Gasteiger partial charge in [0.05, 0.1) is 39.1 Å². The number of hydrogen-bond acceptors (Lipinski definition) is 6. The monoisotopic (exact) mass is 438 g/mol. The van der Waals surface area contributed by atoms with Crippen LogP contribution in [0.5, 0.6) is 5.75 Å². The molecule has 3 heterocycles. The minimum atomic E-state index is 0.156. The Balaban J connectivity index is 1.23. The highest BCUT2D eigenvalue weighted by Gasteiger charge is 2.27. The molecular formula is C22H22N4O2S2. The lowest BCUT2D eigenvalue weighted by molar-refractivity contribution is -0.129. The third-order valence-electron chi connectivity index (χ3n) is 5.43. The minimum Gasteiger partial charge on any atom is -0.497 e. The molecule has 30 heavy (non-hydrogen) atoms. The summed E-state index contributed by atoms with van der Waals surface area (Å²) >= 11 is 3.20. The Kier molecular flexibility index (Phi) is 5.35. The van der Waals surface area contributed by atoms with Crippen molar-refractivity contribution in [3.63, 3.8) is 0 Å². The Morgan fingerprint density at radius 1 is 1.27 bits per heavy atom. The third-order valence-corrected chi connectivity index (χ3v) is 7.49. The minimum absolute atomic E-state index is 0.156. The van der Waals surface area contributed by atoms with E-state index in [0.29, 0.717) is 11.7 Å². The van der Waals surface area contributed by atoms with Crippen LogP contribution >= 0.6 is 23.1 Å². The maximum Gasteiger partial charge on any atom is 0.233 e. The Bertz CT molecular complexity index is 1170. The number of H-pyrrole nitrogens is 1. The number of imidazole rings is 1. The van der Waals surface area contributed by atoms with E-state index < -0.39 is 0 Å². The number of likely N-dealkylation sites (tertiary alicyclic amines) is 1. The summed E-state index contributed by atoms with van der Waals surface area (Å²) < 4.78 is 6.47. The third kappa shape index (κ3) is 3.89. The van der Waals surface area contributed by atoms with Gasteiger partial charge in [-0.2, -0.15) is 0 Å². The highest BCUT2D eigenvalue weighted by Crippen LogP contribution is 2.33. The molecule has 0 saturated carbocycles. The first-order valence-electron chi connectivity index (χ1n) is 9.99. The van der Waals surface area contributed by atoms with E-state index in [1.54, 1.807) is 18.4 Å². The number of hydrogen-bond donors (Lipinski definition) is 1. The van der Waals surface area contributed by atoms with E-state index in [2.05, 4.69) is 22.1 Å². The second-order valence-corrected chi connectivity index (χ2v) is 9.44. The SMILES string of the molecule is COc1ccc2nc(SCC(=O)N3CCC[C@@H](c4nc5ccccc5s4)C3)[nH]c2c1. The summed E-state index contributed by atoms with van der Waals surface area (Å²) in [4.78, 5) is 27.5. The zero-order valence-corrected chi connectivity index (χ0v) is 18.3. The average Bonchev–Trinajstić information content (AvgIpc) is 3.40. The molecule has 0 bridgehead atoms. The van der Waals surface area contributed by atoms with Gasteiger partial charge in [-0.25, -0.2) is 9.97 Å². The molecule has 1 aliphatic rings. The first kappa shape index (κ1) is 19.4. The van der Waals surface area contributed by atoms with Crippen molar-refractivity contribution in [2.75, 3.05) is 26.0 Å². The number of rotatable bonds is 5. The molecule has 6 nitrogen and oxygen atoms in total. The standard InChI is InChI=1S/C22H22N4O2S2/c1-28-15-8-9-16-18(11-15)25-22(24-16)29-13-20(27)26-10-4-5-14(12-26)21-23-17-6-2-3-7-19(17)30-21/h2-3,6-9,11,14H,4-5,10,12-13H2,1H3,(H,24,25)/t14-/m1/s1. The number of carbonyl (C=O) groups excluding carboxylic acids is 1. The van der Waals surface area contributed by atoms with Crippen LogP contribution in [0.25, 0.3) is 21.3 Å². The number of carbonyl (C=O) groups is 1. The van der Waals surface area contributed by atoms with Gasteiger partial charge in [0.25, 0.3) is 0 Å². The van der Waals surface area contributed by atoms with E-state index in [-0.39, 0.29) is 5.91 Å². The van der Waals surface area contributed by atoms with Gasteiger partial charge in [0.15, 0.2) is 5.16 Å². The van der Waals surface area contributed by atoms with Gasteiger partial charge in [0.2, 0.25) is 5.91 Å². The molecule has 0 radical (unpaired) electrons. The Morgan fingerprint density at radius 3 is 3.03 bits per heavy atom. The fraction of sp³-hybridized carbons (Fsp3) is 0.318. The molecule has 0 spiro atoms. The molecule has 4 aromatic rings. The zero-order valence-electron chi connectivity index (χ0n) is 16.6. The molecule has 0 unspecified atom stereocenters.